The van der Waals surface area contributed by atoms with E-state index >= 15 is 0 Å². The van der Waals surface area contributed by atoms with Gasteiger partial charge < -0.3 is 10.1 Å². The molecule has 1 N–H and O–H groups in total. The summed E-state index contributed by atoms with van der Waals surface area (Å²) in [6, 6.07) is 10.2. The Balaban J connectivity index is 1.56. The highest BCUT2D eigenvalue weighted by Gasteiger charge is 2.31. The van der Waals surface area contributed by atoms with Gasteiger partial charge in [0.1, 0.15) is 16.3 Å². The Kier molecular flexibility index (Phi) is 7.01. The lowest BCUT2D eigenvalue weighted by molar-refractivity contribution is 0.0526. The summed E-state index contributed by atoms with van der Waals surface area (Å²) in [7, 11) is 0. The van der Waals surface area contributed by atoms with E-state index in [1.807, 2.05) is 6.07 Å². The summed E-state index contributed by atoms with van der Waals surface area (Å²) in [5.74, 6) is -0.531. The van der Waals surface area contributed by atoms with Gasteiger partial charge in [0.2, 0.25) is 0 Å². The number of carbonyl (C=O) groups excluding carboxylic acids is 2. The van der Waals surface area contributed by atoms with Crippen molar-refractivity contribution in [3.63, 3.8) is 0 Å². The molecule has 0 fully saturated rings. The Hall–Kier alpha value is -3.66. The number of ether oxygens (including phenoxy) is 1. The number of amides is 1. The molecule has 0 saturated heterocycles. The van der Waals surface area contributed by atoms with Crippen molar-refractivity contribution in [3.05, 3.63) is 69.9 Å². The van der Waals surface area contributed by atoms with Crippen molar-refractivity contribution in [2.45, 2.75) is 46.0 Å². The predicted octanol–water partition coefficient (Wildman–Crippen LogP) is 6.34. The second kappa shape index (κ2) is 10.4. The molecule has 4 aromatic rings. The molecular weight excluding hydrogens is 498 g/mol. The van der Waals surface area contributed by atoms with Gasteiger partial charge in [-0.3, -0.25) is 4.79 Å². The molecule has 0 unspecified atom stereocenters. The number of hydrogen-bond acceptors (Lipinski definition) is 6. The fraction of sp³-hybridized carbons (Fsp3) is 0.333. The first kappa shape index (κ1) is 25.0. The summed E-state index contributed by atoms with van der Waals surface area (Å²) in [6.45, 7) is 4.09. The third-order valence-electron chi connectivity index (χ3n) is 6.69. The summed E-state index contributed by atoms with van der Waals surface area (Å²) in [5, 5.41) is 7.28. The number of nitrogens with zero attached hydrogens (tertiary/aromatic N) is 3. The van der Waals surface area contributed by atoms with Crippen molar-refractivity contribution in [1.82, 2.24) is 14.6 Å². The lowest BCUT2D eigenvalue weighted by Gasteiger charge is -2.20. The average molecular weight is 525 g/mol. The van der Waals surface area contributed by atoms with E-state index in [2.05, 4.69) is 22.3 Å². The van der Waals surface area contributed by atoms with Gasteiger partial charge >= 0.3 is 5.97 Å². The van der Waals surface area contributed by atoms with Crippen molar-refractivity contribution in [2.75, 3.05) is 11.9 Å². The lowest BCUT2D eigenvalue weighted by atomic mass is 9.85. The van der Waals surface area contributed by atoms with E-state index in [1.165, 1.54) is 23.6 Å². The minimum atomic E-state index is -2.82. The molecule has 0 aliphatic heterocycles. The molecule has 1 amide bonds. The summed E-state index contributed by atoms with van der Waals surface area (Å²) >= 11 is 1.37. The molecule has 1 aliphatic rings. The molecule has 3 aromatic heterocycles. The number of halogens is 2. The van der Waals surface area contributed by atoms with Gasteiger partial charge in [-0.15, -0.1) is 11.3 Å². The van der Waals surface area contributed by atoms with Gasteiger partial charge in [-0.05, 0) is 43.7 Å². The van der Waals surface area contributed by atoms with Gasteiger partial charge in [0.25, 0.3) is 12.3 Å². The zero-order chi connectivity index (χ0) is 26.1. The molecule has 1 aromatic carbocycles. The van der Waals surface area contributed by atoms with Crippen LogP contribution in [0.4, 0.5) is 13.8 Å². The van der Waals surface area contributed by atoms with Crippen LogP contribution in [0.25, 0.3) is 16.9 Å². The molecule has 192 valence electrons. The fourth-order valence-electron chi connectivity index (χ4n) is 4.74. The number of esters is 1. The van der Waals surface area contributed by atoms with Crippen LogP contribution in [0.3, 0.4) is 0 Å². The van der Waals surface area contributed by atoms with Gasteiger partial charge in [-0.25, -0.2) is 23.1 Å². The molecule has 37 heavy (non-hydrogen) atoms. The minimum absolute atomic E-state index is 0.0132. The summed E-state index contributed by atoms with van der Waals surface area (Å²) in [6.07, 6.45) is 1.99. The van der Waals surface area contributed by atoms with Crippen LogP contribution in [0.15, 0.2) is 42.6 Å². The number of thiophene rings is 1. The van der Waals surface area contributed by atoms with E-state index in [9.17, 15) is 18.4 Å². The van der Waals surface area contributed by atoms with E-state index in [4.69, 9.17) is 4.74 Å². The SMILES string of the molecule is CCOC(=O)c1c(NC(=O)c2cnn3c(C(F)F)cc(-c4ccccc4)nc23)sc2c1CC[C@@H](CC)C2. The van der Waals surface area contributed by atoms with E-state index < -0.39 is 18.3 Å². The Bertz CT molecular complexity index is 1470. The first-order chi connectivity index (χ1) is 17.9. The molecule has 3 heterocycles. The van der Waals surface area contributed by atoms with Crippen molar-refractivity contribution in [3.8, 4) is 11.3 Å². The minimum Gasteiger partial charge on any atom is -0.462 e. The Morgan fingerprint density at radius 2 is 2.03 bits per heavy atom. The number of carbonyl (C=O) groups is 2. The van der Waals surface area contributed by atoms with Gasteiger partial charge in [-0.1, -0.05) is 43.7 Å². The van der Waals surface area contributed by atoms with Crippen LogP contribution in [0, 0.1) is 5.92 Å². The summed E-state index contributed by atoms with van der Waals surface area (Å²) in [5.41, 5.74) is 1.93. The largest absolute Gasteiger partial charge is 0.462 e. The number of aromatic nitrogens is 3. The third-order valence-corrected chi connectivity index (χ3v) is 7.86. The van der Waals surface area contributed by atoms with Crippen molar-refractivity contribution < 1.29 is 23.1 Å². The molecule has 0 bridgehead atoms. The second-order valence-corrected chi connectivity index (χ2v) is 10.0. The molecule has 1 aliphatic carbocycles. The van der Waals surface area contributed by atoms with Crippen LogP contribution < -0.4 is 5.32 Å². The first-order valence-electron chi connectivity index (χ1n) is 12.3. The maximum atomic E-state index is 13.9. The predicted molar refractivity (Wildman–Crippen MR) is 137 cm³/mol. The zero-order valence-corrected chi connectivity index (χ0v) is 21.3. The zero-order valence-electron chi connectivity index (χ0n) is 20.5. The van der Waals surface area contributed by atoms with Crippen LogP contribution in [0.2, 0.25) is 0 Å². The van der Waals surface area contributed by atoms with Crippen LogP contribution in [0.5, 0.6) is 0 Å². The number of fused-ring (bicyclic) bond motifs is 2. The highest BCUT2D eigenvalue weighted by Crippen LogP contribution is 2.41. The first-order valence-corrected chi connectivity index (χ1v) is 13.1. The van der Waals surface area contributed by atoms with Crippen molar-refractivity contribution in [1.29, 1.82) is 0 Å². The van der Waals surface area contributed by atoms with Gasteiger partial charge in [0, 0.05) is 10.4 Å². The average Bonchev–Trinajstić information content (AvgIpc) is 3.49. The van der Waals surface area contributed by atoms with Gasteiger partial charge in [0.05, 0.1) is 24.1 Å². The van der Waals surface area contributed by atoms with E-state index in [1.54, 1.807) is 31.2 Å². The molecule has 0 radical (unpaired) electrons. The maximum Gasteiger partial charge on any atom is 0.341 e. The van der Waals surface area contributed by atoms with E-state index in [-0.39, 0.29) is 23.5 Å². The summed E-state index contributed by atoms with van der Waals surface area (Å²) in [4.78, 5) is 31.9. The smallest absolute Gasteiger partial charge is 0.341 e. The van der Waals surface area contributed by atoms with Crippen LogP contribution in [-0.2, 0) is 17.6 Å². The standard InChI is InChI=1S/C27H26F2N4O3S/c1-3-15-10-11-17-21(12-15)37-26(22(17)27(35)36-4-2)32-25(34)18-14-30-33-20(23(28)29)13-19(31-24(18)33)16-8-6-5-7-9-16/h5-9,13-15,23H,3-4,10-12H2,1-2H3,(H,32,34)/t15-/m1/s1. The highest BCUT2D eigenvalue weighted by atomic mass is 32.1. The quantitative estimate of drug-likeness (QED) is 0.285. The number of alkyl halides is 2. The molecule has 7 nitrogen and oxygen atoms in total. The van der Waals surface area contributed by atoms with Gasteiger partial charge in [-0.2, -0.15) is 5.10 Å². The number of rotatable bonds is 7. The van der Waals surface area contributed by atoms with Crippen molar-refractivity contribution >= 4 is 33.9 Å². The molecule has 1 atom stereocenters. The van der Waals surface area contributed by atoms with Crippen LogP contribution in [0.1, 0.15) is 70.0 Å². The second-order valence-electron chi connectivity index (χ2n) is 8.93. The molecule has 0 saturated carbocycles. The topological polar surface area (TPSA) is 85.6 Å². The molecular formula is C27H26F2N4O3S. The van der Waals surface area contributed by atoms with Crippen LogP contribution in [-0.4, -0.2) is 33.1 Å². The number of nitrogens with one attached hydrogen (secondary N) is 1. The van der Waals surface area contributed by atoms with Gasteiger partial charge in [0.15, 0.2) is 5.65 Å². The molecule has 5 rings (SSSR count). The number of hydrogen-bond donors (Lipinski definition) is 1. The fourth-order valence-corrected chi connectivity index (χ4v) is 6.08. The number of anilines is 1. The summed E-state index contributed by atoms with van der Waals surface area (Å²) < 4.78 is 34.1. The number of benzene rings is 1. The van der Waals surface area contributed by atoms with Crippen molar-refractivity contribution in [2.24, 2.45) is 5.92 Å². The highest BCUT2D eigenvalue weighted by molar-refractivity contribution is 7.17. The Morgan fingerprint density at radius 3 is 2.73 bits per heavy atom. The third kappa shape index (κ3) is 4.73. The van der Waals surface area contributed by atoms with E-state index in [0.29, 0.717) is 27.7 Å². The maximum absolute atomic E-state index is 13.9. The van der Waals surface area contributed by atoms with Crippen LogP contribution >= 0.6 is 11.3 Å². The molecule has 0 spiro atoms. The Labute approximate surface area is 216 Å². The lowest BCUT2D eigenvalue weighted by Crippen LogP contribution is -2.17. The Morgan fingerprint density at radius 1 is 1.24 bits per heavy atom. The molecule has 10 heteroatoms. The normalized spacial score (nSPS) is 15.1. The monoisotopic (exact) mass is 524 g/mol. The van der Waals surface area contributed by atoms with E-state index in [0.717, 1.165) is 40.6 Å².